The van der Waals surface area contributed by atoms with Crippen LogP contribution in [0.4, 0.5) is 0 Å². The Hall–Kier alpha value is -2.69. The molecular formula is C32H42N2O2. The Morgan fingerprint density at radius 2 is 1.78 bits per heavy atom. The molecule has 0 spiro atoms. The molecule has 0 aliphatic heterocycles. The molecule has 192 valence electrons. The van der Waals surface area contributed by atoms with Crippen LogP contribution in [-0.4, -0.2) is 36.8 Å². The number of aromatic nitrogens is 1. The van der Waals surface area contributed by atoms with Crippen molar-refractivity contribution in [3.05, 3.63) is 82.0 Å². The van der Waals surface area contributed by atoms with Crippen LogP contribution >= 0.6 is 0 Å². The van der Waals surface area contributed by atoms with E-state index in [2.05, 4.69) is 88.2 Å². The first-order valence-corrected chi connectivity index (χ1v) is 13.5. The van der Waals surface area contributed by atoms with Crippen LogP contribution in [0.25, 0.3) is 11.3 Å². The van der Waals surface area contributed by atoms with Gasteiger partial charge in [0.1, 0.15) is 11.9 Å². The fourth-order valence-corrected chi connectivity index (χ4v) is 5.70. The van der Waals surface area contributed by atoms with Gasteiger partial charge in [0.05, 0.1) is 12.3 Å². The number of fused-ring (bicyclic) bond motifs is 1. The van der Waals surface area contributed by atoms with E-state index >= 15 is 0 Å². The van der Waals surface area contributed by atoms with E-state index in [4.69, 9.17) is 14.5 Å². The van der Waals surface area contributed by atoms with Gasteiger partial charge < -0.3 is 9.47 Å². The van der Waals surface area contributed by atoms with Crippen LogP contribution in [0.15, 0.2) is 48.5 Å². The maximum Gasteiger partial charge on any atom is 0.128 e. The van der Waals surface area contributed by atoms with Crippen LogP contribution in [0.5, 0.6) is 5.75 Å². The Morgan fingerprint density at radius 3 is 2.47 bits per heavy atom. The number of rotatable bonds is 10. The fraction of sp³-hybridized carbons (Fsp3) is 0.469. The Balaban J connectivity index is 1.74. The zero-order chi connectivity index (χ0) is 25.7. The Kier molecular flexibility index (Phi) is 8.81. The first-order chi connectivity index (χ1) is 17.5. The summed E-state index contributed by atoms with van der Waals surface area (Å²) in [6, 6.07) is 18.1. The van der Waals surface area contributed by atoms with Crippen molar-refractivity contribution in [2.45, 2.75) is 78.5 Å². The van der Waals surface area contributed by atoms with Gasteiger partial charge in [-0.05, 0) is 75.3 Å². The number of hydrogen-bond acceptors (Lipinski definition) is 4. The molecule has 0 fully saturated rings. The zero-order valence-corrected chi connectivity index (χ0v) is 22.9. The molecule has 4 rings (SSSR count). The third-order valence-corrected chi connectivity index (χ3v) is 7.55. The van der Waals surface area contributed by atoms with Crippen molar-refractivity contribution in [2.75, 3.05) is 20.8 Å². The zero-order valence-electron chi connectivity index (χ0n) is 22.9. The van der Waals surface area contributed by atoms with E-state index in [0.717, 1.165) is 36.5 Å². The van der Waals surface area contributed by atoms with Gasteiger partial charge in [-0.3, -0.25) is 9.88 Å². The van der Waals surface area contributed by atoms with Crippen LogP contribution in [0.3, 0.4) is 0 Å². The summed E-state index contributed by atoms with van der Waals surface area (Å²) in [6.07, 6.45) is 5.49. The van der Waals surface area contributed by atoms with E-state index in [1.54, 1.807) is 7.11 Å². The summed E-state index contributed by atoms with van der Waals surface area (Å²) in [5.41, 5.74) is 10.1. The van der Waals surface area contributed by atoms with Crippen molar-refractivity contribution in [3.63, 3.8) is 0 Å². The molecule has 2 atom stereocenters. The maximum atomic E-state index is 6.54. The molecule has 1 aliphatic carbocycles. The molecule has 36 heavy (non-hydrogen) atoms. The van der Waals surface area contributed by atoms with Gasteiger partial charge in [0.15, 0.2) is 0 Å². The first-order valence-electron chi connectivity index (χ1n) is 13.5. The van der Waals surface area contributed by atoms with E-state index in [9.17, 15) is 0 Å². The van der Waals surface area contributed by atoms with Crippen LogP contribution in [-0.2, 0) is 30.5 Å². The average Bonchev–Trinajstić information content (AvgIpc) is 2.89. The molecule has 0 saturated heterocycles. The van der Waals surface area contributed by atoms with Gasteiger partial charge >= 0.3 is 0 Å². The molecule has 4 nitrogen and oxygen atoms in total. The van der Waals surface area contributed by atoms with E-state index in [0.29, 0.717) is 12.6 Å². The minimum Gasteiger partial charge on any atom is -0.488 e. The van der Waals surface area contributed by atoms with E-state index < -0.39 is 0 Å². The second-order valence-electron chi connectivity index (χ2n) is 10.1. The highest BCUT2D eigenvalue weighted by molar-refractivity contribution is 5.70. The summed E-state index contributed by atoms with van der Waals surface area (Å²) in [5.74, 6) is 0.922. The standard InChI is InChI=1S/C32H42N2O2/c1-7-24-14-11-15-25(8-2)32(24)29-19-31(36-22(3)21-35-6)28(23(4)33-29)20-34(5)30-18-12-16-26-13-9-10-17-27(26)30/h9-11,13-15,17,19,22,30H,7-8,12,16,18,20-21H2,1-6H3/t22-,30-/m0/s1. The molecule has 0 amide bonds. The highest BCUT2D eigenvalue weighted by atomic mass is 16.5. The summed E-state index contributed by atoms with van der Waals surface area (Å²) in [5, 5.41) is 0. The van der Waals surface area contributed by atoms with Gasteiger partial charge in [0.25, 0.3) is 0 Å². The summed E-state index contributed by atoms with van der Waals surface area (Å²) >= 11 is 0. The predicted octanol–water partition coefficient (Wildman–Crippen LogP) is 7.10. The molecule has 0 radical (unpaired) electrons. The number of aryl methyl sites for hydroxylation is 4. The van der Waals surface area contributed by atoms with Crippen molar-refractivity contribution in [3.8, 4) is 17.0 Å². The highest BCUT2D eigenvalue weighted by Crippen LogP contribution is 2.37. The minimum absolute atomic E-state index is 0.0452. The molecule has 1 heterocycles. The highest BCUT2D eigenvalue weighted by Gasteiger charge is 2.26. The predicted molar refractivity (Wildman–Crippen MR) is 149 cm³/mol. The summed E-state index contributed by atoms with van der Waals surface area (Å²) in [4.78, 5) is 7.66. The number of benzene rings is 2. The maximum absolute atomic E-state index is 6.54. The van der Waals surface area contributed by atoms with E-state index in [-0.39, 0.29) is 6.10 Å². The second-order valence-corrected chi connectivity index (χ2v) is 10.1. The second kappa shape index (κ2) is 12.0. The SMILES string of the molecule is CCc1cccc(CC)c1-c1cc(O[C@@H](C)COC)c(CN(C)[C@H]2CCCc3ccccc32)c(C)n1. The molecule has 0 unspecified atom stereocenters. The number of nitrogens with zero attached hydrogens (tertiary/aromatic N) is 2. The van der Waals surface area contributed by atoms with Gasteiger partial charge in [-0.1, -0.05) is 56.3 Å². The molecule has 4 heteroatoms. The molecule has 0 bridgehead atoms. The summed E-state index contributed by atoms with van der Waals surface area (Å²) in [6.45, 7) is 9.98. The quantitative estimate of drug-likeness (QED) is 0.306. The van der Waals surface area contributed by atoms with Crippen molar-refractivity contribution < 1.29 is 9.47 Å². The van der Waals surface area contributed by atoms with Crippen molar-refractivity contribution in [1.29, 1.82) is 0 Å². The third-order valence-electron chi connectivity index (χ3n) is 7.55. The normalized spacial score (nSPS) is 16.1. The lowest BCUT2D eigenvalue weighted by Gasteiger charge is -2.34. The Labute approximate surface area is 217 Å². The molecular weight excluding hydrogens is 444 g/mol. The fourth-order valence-electron chi connectivity index (χ4n) is 5.70. The largest absolute Gasteiger partial charge is 0.488 e. The number of pyridine rings is 1. The van der Waals surface area contributed by atoms with Crippen molar-refractivity contribution in [2.24, 2.45) is 0 Å². The number of methoxy groups -OCH3 is 1. The van der Waals surface area contributed by atoms with Crippen molar-refractivity contribution in [1.82, 2.24) is 9.88 Å². The van der Waals surface area contributed by atoms with Gasteiger partial charge in [0.2, 0.25) is 0 Å². The van der Waals surface area contributed by atoms with E-state index in [1.165, 1.54) is 52.6 Å². The lowest BCUT2D eigenvalue weighted by molar-refractivity contribution is 0.0902. The monoisotopic (exact) mass is 486 g/mol. The topological polar surface area (TPSA) is 34.6 Å². The first kappa shape index (κ1) is 26.4. The number of ether oxygens (including phenoxy) is 2. The molecule has 0 N–H and O–H groups in total. The summed E-state index contributed by atoms with van der Waals surface area (Å²) in [7, 11) is 3.97. The van der Waals surface area contributed by atoms with Gasteiger partial charge in [0, 0.05) is 42.6 Å². The molecule has 1 aliphatic rings. The minimum atomic E-state index is -0.0452. The lowest BCUT2D eigenvalue weighted by atomic mass is 9.87. The lowest BCUT2D eigenvalue weighted by Crippen LogP contribution is -2.28. The smallest absolute Gasteiger partial charge is 0.128 e. The number of hydrogen-bond donors (Lipinski definition) is 0. The van der Waals surface area contributed by atoms with Crippen LogP contribution in [0.1, 0.15) is 73.2 Å². The molecule has 3 aromatic rings. The Bertz CT molecular complexity index is 1150. The molecule has 0 saturated carbocycles. The van der Waals surface area contributed by atoms with Crippen LogP contribution in [0.2, 0.25) is 0 Å². The Morgan fingerprint density at radius 1 is 1.06 bits per heavy atom. The third kappa shape index (κ3) is 5.66. The van der Waals surface area contributed by atoms with E-state index in [1.807, 2.05) is 0 Å². The van der Waals surface area contributed by atoms with Gasteiger partial charge in [-0.15, -0.1) is 0 Å². The van der Waals surface area contributed by atoms with Crippen molar-refractivity contribution >= 4 is 0 Å². The average molecular weight is 487 g/mol. The van der Waals surface area contributed by atoms with Crippen LogP contribution < -0.4 is 4.74 Å². The molecule has 1 aromatic heterocycles. The van der Waals surface area contributed by atoms with Gasteiger partial charge in [-0.25, -0.2) is 0 Å². The van der Waals surface area contributed by atoms with Crippen LogP contribution in [0, 0.1) is 6.92 Å². The summed E-state index contributed by atoms with van der Waals surface area (Å²) < 4.78 is 11.9. The molecule has 2 aromatic carbocycles. The van der Waals surface area contributed by atoms with Gasteiger partial charge in [-0.2, -0.15) is 0 Å².